The van der Waals surface area contributed by atoms with Crippen LogP contribution >= 0.6 is 0 Å². The Morgan fingerprint density at radius 1 is 0.691 bits per heavy atom. The second kappa shape index (κ2) is 14.5. The Labute approximate surface area is 347 Å². The zero-order valence-corrected chi connectivity index (χ0v) is 32.9. The topological polar surface area (TPSA) is 49.6 Å². The van der Waals surface area contributed by atoms with Crippen molar-refractivity contribution in [1.29, 1.82) is 5.26 Å². The molecule has 4 heterocycles. The Balaban J connectivity index is 0.000000263. The van der Waals surface area contributed by atoms with E-state index >= 15 is 0 Å². The first-order valence-electron chi connectivity index (χ1n) is 21.2. The van der Waals surface area contributed by atoms with Crippen molar-refractivity contribution < 1.29 is 44.6 Å². The summed E-state index contributed by atoms with van der Waals surface area (Å²) < 4.78 is 80.2. The molecule has 5 nitrogen and oxygen atoms in total. The smallest absolute Gasteiger partial charge is 0.159 e. The number of fused-ring (bicyclic) bond motifs is 6. The van der Waals surface area contributed by atoms with Gasteiger partial charge in [-0.1, -0.05) is 99.0 Å². The molecule has 6 heteroatoms. The van der Waals surface area contributed by atoms with Crippen molar-refractivity contribution in [3.05, 3.63) is 190 Å². The van der Waals surface area contributed by atoms with Crippen molar-refractivity contribution in [1.82, 2.24) is 4.57 Å². The van der Waals surface area contributed by atoms with Crippen LogP contribution in [0.25, 0.3) is 71.9 Å². The van der Waals surface area contributed by atoms with Gasteiger partial charge in [0.1, 0.15) is 11.8 Å². The van der Waals surface area contributed by atoms with Gasteiger partial charge in [0, 0.05) is 55.7 Å². The van der Waals surface area contributed by atoms with Gasteiger partial charge in [-0.3, -0.25) is 0 Å². The predicted molar refractivity (Wildman–Crippen MR) is 220 cm³/mol. The molecule has 0 aliphatic rings. The Hall–Kier alpha value is -6.38. The summed E-state index contributed by atoms with van der Waals surface area (Å²) in [5, 5.41) is 11.4. The van der Waals surface area contributed by atoms with Gasteiger partial charge >= 0.3 is 0 Å². The van der Waals surface area contributed by atoms with E-state index in [0.29, 0.717) is 33.2 Å². The van der Waals surface area contributed by atoms with Gasteiger partial charge in [-0.05, 0) is 35.2 Å². The summed E-state index contributed by atoms with van der Waals surface area (Å²) in [5.41, 5.74) is 7.29. The molecule has 0 fully saturated rings. The number of pyridine rings is 2. The third-order valence-electron chi connectivity index (χ3n) is 9.63. The van der Waals surface area contributed by atoms with E-state index in [0.717, 1.165) is 16.8 Å². The largest absolute Gasteiger partial charge is 0.467 e. The third kappa shape index (κ3) is 6.38. The average molecular weight is 901 g/mol. The molecule has 0 saturated carbocycles. The van der Waals surface area contributed by atoms with Gasteiger partial charge in [0.15, 0.2) is 5.58 Å². The Morgan fingerprint density at radius 3 is 1.96 bits per heavy atom. The molecule has 0 unspecified atom stereocenters. The summed E-state index contributed by atoms with van der Waals surface area (Å²) >= 11 is 0. The number of para-hydroxylation sites is 2. The molecular formula is C49H40IrN4O-2. The normalized spacial score (nSPS) is 13.3. The monoisotopic (exact) mass is 901 g/mol. The molecule has 1 radical (unpaired) electrons. The number of nitrogens with zero attached hydrogens (tertiary/aromatic N) is 4. The van der Waals surface area contributed by atoms with Crippen LogP contribution in [0.3, 0.4) is 0 Å². The van der Waals surface area contributed by atoms with Gasteiger partial charge in [0.05, 0.1) is 56.9 Å². The second-order valence-corrected chi connectivity index (χ2v) is 14.0. The third-order valence-corrected chi connectivity index (χ3v) is 9.63. The van der Waals surface area contributed by atoms with Crippen molar-refractivity contribution in [2.45, 2.75) is 26.2 Å². The number of hydrogen-bond acceptors (Lipinski definition) is 2. The van der Waals surface area contributed by atoms with E-state index in [1.54, 1.807) is 22.9 Å². The number of nitriles is 1. The number of aromatic nitrogens is 3. The summed E-state index contributed by atoms with van der Waals surface area (Å²) in [6, 6.07) is 23.0. The summed E-state index contributed by atoms with van der Waals surface area (Å²) in [4.78, 5) is 0. The maximum Gasteiger partial charge on any atom is 0.159 e. The fourth-order valence-corrected chi connectivity index (χ4v) is 6.87. The second-order valence-electron chi connectivity index (χ2n) is 14.0. The summed E-state index contributed by atoms with van der Waals surface area (Å²) in [6.07, 6.45) is 3.88. The first kappa shape index (κ1) is 28.1. The van der Waals surface area contributed by atoms with Crippen LogP contribution in [0.1, 0.15) is 54.0 Å². The Morgan fingerprint density at radius 2 is 1.33 bits per heavy atom. The van der Waals surface area contributed by atoms with Crippen LogP contribution in [0.5, 0.6) is 0 Å². The number of furan rings is 1. The molecule has 55 heavy (non-hydrogen) atoms. The first-order chi connectivity index (χ1) is 29.4. The van der Waals surface area contributed by atoms with Crippen LogP contribution in [-0.4, -0.2) is 4.57 Å². The zero-order valence-electron chi connectivity index (χ0n) is 38.5. The van der Waals surface area contributed by atoms with Crippen molar-refractivity contribution in [3.8, 4) is 34.3 Å². The van der Waals surface area contributed by atoms with E-state index in [1.807, 2.05) is 53.1 Å². The van der Waals surface area contributed by atoms with E-state index < -0.39 is 48.3 Å². The van der Waals surface area contributed by atoms with Gasteiger partial charge in [0.2, 0.25) is 0 Å². The fourth-order valence-electron chi connectivity index (χ4n) is 6.87. The predicted octanol–water partition coefficient (Wildman–Crippen LogP) is 11.1. The van der Waals surface area contributed by atoms with Crippen LogP contribution in [0, 0.1) is 39.3 Å². The van der Waals surface area contributed by atoms with Crippen LogP contribution in [0.2, 0.25) is 0 Å². The molecule has 0 atom stereocenters. The van der Waals surface area contributed by atoms with E-state index in [4.69, 9.17) is 15.4 Å². The molecular weight excluding hydrogens is 853 g/mol. The van der Waals surface area contributed by atoms with Gasteiger partial charge in [-0.2, -0.15) is 42.4 Å². The van der Waals surface area contributed by atoms with Crippen LogP contribution in [0.4, 0.5) is 0 Å². The molecule has 0 bridgehead atoms. The molecule has 0 aliphatic heterocycles. The molecule has 0 N–H and O–H groups in total. The summed E-state index contributed by atoms with van der Waals surface area (Å²) in [7, 11) is 8.18. The quantitative estimate of drug-likeness (QED) is 0.131. The molecule has 4 aromatic heterocycles. The molecule has 5 aromatic carbocycles. The minimum absolute atomic E-state index is 0. The summed E-state index contributed by atoms with van der Waals surface area (Å²) in [6.45, 7) is 14.9. The maximum absolute atomic E-state index is 10.3. The summed E-state index contributed by atoms with van der Waals surface area (Å²) in [5.74, 6) is 0. The van der Waals surface area contributed by atoms with Crippen molar-refractivity contribution in [2.24, 2.45) is 0 Å². The molecule has 0 aliphatic carbocycles. The Kier molecular flexibility index (Phi) is 7.39. The van der Waals surface area contributed by atoms with Gasteiger partial charge in [-0.25, -0.2) is 0 Å². The first-order valence-corrected chi connectivity index (χ1v) is 17.2. The molecule has 9 rings (SSSR count). The maximum atomic E-state index is 10.3. The number of rotatable bonds is 3. The fraction of sp³-hybridized carbons (Fsp3) is 0.0816. The minimum atomic E-state index is -0.551. The average Bonchev–Trinajstić information content (AvgIpc) is 3.80. The SMILES string of the molecule is [2H]c1c([2H])c([2H])c2c(c1[2H])c1c([2H])c([2H])c([2H])c([2H])c1n2-c1c(C#N)ccc2c1oc1c(-c3cccc[n+]3[CH2-])c([CH2-])ccc12.[CH2-]c1ccccc1-c1ccc(C(C)(C)C)c[n+]1[CH2-].[Ir]. The van der Waals surface area contributed by atoms with E-state index in [-0.39, 0.29) is 64.2 Å². The molecule has 9 aromatic rings. The molecule has 0 saturated heterocycles. The van der Waals surface area contributed by atoms with Crippen molar-refractivity contribution >= 4 is 43.7 Å². The number of hydrogen-bond donors (Lipinski definition) is 0. The van der Waals surface area contributed by atoms with Crippen molar-refractivity contribution in [3.63, 3.8) is 0 Å². The molecule has 0 spiro atoms. The van der Waals surface area contributed by atoms with Crippen LogP contribution in [0.15, 0.2) is 144 Å². The van der Waals surface area contributed by atoms with Crippen molar-refractivity contribution in [2.75, 3.05) is 0 Å². The van der Waals surface area contributed by atoms with Gasteiger partial charge in [-0.15, -0.1) is 23.8 Å². The van der Waals surface area contributed by atoms with E-state index in [2.05, 4.69) is 79.2 Å². The van der Waals surface area contributed by atoms with Gasteiger partial charge in [0.25, 0.3) is 0 Å². The molecule has 0 amide bonds. The van der Waals surface area contributed by atoms with Crippen LogP contribution in [-0.2, 0) is 25.5 Å². The minimum Gasteiger partial charge on any atom is -0.467 e. The zero-order chi connectivity index (χ0) is 44.7. The molecule has 273 valence electrons. The van der Waals surface area contributed by atoms with Crippen LogP contribution < -0.4 is 9.13 Å². The van der Waals surface area contributed by atoms with E-state index in [9.17, 15) is 5.26 Å². The Bertz CT molecular complexity index is 3320. The van der Waals surface area contributed by atoms with E-state index in [1.165, 1.54) is 10.1 Å². The standard InChI is InChI=1S/C32H20N3O.C17H20N.Ir/c1-20-14-16-24-25-17-15-21(19-33)30(32(25)36-31(24)29(20)28-13-7-8-18-34(28)2)35-26-11-5-3-9-22(26)23-10-4-6-12-27(23)35;1-13-8-6-7-9-15(13)16-11-10-14(12-18(16)5)17(2,3)4;/h3-18H,1-2H2;6-12H,1,5H2,2-4H3;/q2*-1;/i3D,4D,5D,6D,9D,10D,11D,12D;;. The van der Waals surface area contributed by atoms with Gasteiger partial charge < -0.3 is 18.1 Å². The number of benzene rings is 5.